The van der Waals surface area contributed by atoms with Gasteiger partial charge in [0.15, 0.2) is 0 Å². The standard InChI is InChI=1S/C15H15N3O3/c16-12-5-3-11(4-6-12)14(15(17)19)9-10-1-7-13(8-2-10)18(20)21/h1-8,14H,9,16H2,(H2,17,19). The second-order valence-electron chi connectivity index (χ2n) is 4.75. The van der Waals surface area contributed by atoms with Crippen molar-refractivity contribution in [1.29, 1.82) is 0 Å². The smallest absolute Gasteiger partial charge is 0.269 e. The molecule has 0 saturated carbocycles. The number of nitro benzene ring substituents is 1. The third-order valence-corrected chi connectivity index (χ3v) is 3.27. The molecule has 0 saturated heterocycles. The maximum atomic E-state index is 11.6. The Kier molecular flexibility index (Phi) is 4.18. The largest absolute Gasteiger partial charge is 0.399 e. The van der Waals surface area contributed by atoms with Crippen LogP contribution < -0.4 is 11.5 Å². The molecule has 21 heavy (non-hydrogen) atoms. The van der Waals surface area contributed by atoms with Gasteiger partial charge < -0.3 is 11.5 Å². The van der Waals surface area contributed by atoms with Crippen LogP contribution in [0.5, 0.6) is 0 Å². The van der Waals surface area contributed by atoms with E-state index in [4.69, 9.17) is 11.5 Å². The van der Waals surface area contributed by atoms with E-state index in [9.17, 15) is 14.9 Å². The van der Waals surface area contributed by atoms with E-state index in [2.05, 4.69) is 0 Å². The van der Waals surface area contributed by atoms with Crippen LogP contribution in [0.25, 0.3) is 0 Å². The lowest BCUT2D eigenvalue weighted by molar-refractivity contribution is -0.384. The molecule has 2 rings (SSSR count). The first-order valence-corrected chi connectivity index (χ1v) is 6.35. The molecule has 1 amide bonds. The van der Waals surface area contributed by atoms with Gasteiger partial charge in [0, 0.05) is 17.8 Å². The number of benzene rings is 2. The molecule has 6 heteroatoms. The van der Waals surface area contributed by atoms with E-state index in [-0.39, 0.29) is 5.69 Å². The number of carbonyl (C=O) groups excluding carboxylic acids is 1. The number of nitrogens with two attached hydrogens (primary N) is 2. The number of carbonyl (C=O) groups is 1. The molecule has 0 bridgehead atoms. The quantitative estimate of drug-likeness (QED) is 0.497. The molecule has 0 aliphatic heterocycles. The van der Waals surface area contributed by atoms with Gasteiger partial charge >= 0.3 is 0 Å². The predicted molar refractivity (Wildman–Crippen MR) is 79.6 cm³/mol. The molecule has 0 spiro atoms. The lowest BCUT2D eigenvalue weighted by atomic mass is 9.91. The summed E-state index contributed by atoms with van der Waals surface area (Å²) in [6.45, 7) is 0. The first-order chi connectivity index (χ1) is 9.97. The summed E-state index contributed by atoms with van der Waals surface area (Å²) in [5, 5.41) is 10.6. The fourth-order valence-corrected chi connectivity index (χ4v) is 2.10. The van der Waals surface area contributed by atoms with Gasteiger partial charge in [-0.2, -0.15) is 0 Å². The zero-order chi connectivity index (χ0) is 15.4. The highest BCUT2D eigenvalue weighted by atomic mass is 16.6. The van der Waals surface area contributed by atoms with Crippen LogP contribution in [0.2, 0.25) is 0 Å². The summed E-state index contributed by atoms with van der Waals surface area (Å²) >= 11 is 0. The van der Waals surface area contributed by atoms with Crippen LogP contribution >= 0.6 is 0 Å². The molecule has 0 radical (unpaired) electrons. The van der Waals surface area contributed by atoms with Crippen molar-refractivity contribution >= 4 is 17.3 Å². The van der Waals surface area contributed by atoms with Crippen molar-refractivity contribution in [2.45, 2.75) is 12.3 Å². The highest BCUT2D eigenvalue weighted by Crippen LogP contribution is 2.23. The van der Waals surface area contributed by atoms with Gasteiger partial charge in [-0.1, -0.05) is 24.3 Å². The van der Waals surface area contributed by atoms with Crippen LogP contribution in [-0.4, -0.2) is 10.8 Å². The van der Waals surface area contributed by atoms with Crippen LogP contribution in [-0.2, 0) is 11.2 Å². The fraction of sp³-hybridized carbons (Fsp3) is 0.133. The van der Waals surface area contributed by atoms with Crippen LogP contribution in [0.15, 0.2) is 48.5 Å². The molecule has 0 aliphatic carbocycles. The van der Waals surface area contributed by atoms with Crippen LogP contribution in [0, 0.1) is 10.1 Å². The average Bonchev–Trinajstić information content (AvgIpc) is 2.46. The summed E-state index contributed by atoms with van der Waals surface area (Å²) < 4.78 is 0. The number of nitrogens with zero attached hydrogens (tertiary/aromatic N) is 1. The Balaban J connectivity index is 2.22. The first kappa shape index (κ1) is 14.5. The van der Waals surface area contributed by atoms with E-state index in [1.54, 1.807) is 36.4 Å². The molecule has 4 N–H and O–H groups in total. The number of anilines is 1. The Morgan fingerprint density at radius 3 is 2.14 bits per heavy atom. The molecular formula is C15H15N3O3. The summed E-state index contributed by atoms with van der Waals surface area (Å²) in [5.74, 6) is -0.940. The van der Waals surface area contributed by atoms with Crippen LogP contribution in [0.3, 0.4) is 0 Å². The normalized spacial score (nSPS) is 11.8. The van der Waals surface area contributed by atoms with E-state index in [1.165, 1.54) is 12.1 Å². The number of amides is 1. The Morgan fingerprint density at radius 1 is 1.10 bits per heavy atom. The molecule has 0 fully saturated rings. The number of nitro groups is 1. The lowest BCUT2D eigenvalue weighted by Gasteiger charge is -2.14. The lowest BCUT2D eigenvalue weighted by Crippen LogP contribution is -2.23. The zero-order valence-corrected chi connectivity index (χ0v) is 11.2. The number of rotatable bonds is 5. The third kappa shape index (κ3) is 3.56. The van der Waals surface area contributed by atoms with Crippen molar-refractivity contribution in [3.63, 3.8) is 0 Å². The highest BCUT2D eigenvalue weighted by Gasteiger charge is 2.18. The molecule has 0 heterocycles. The van der Waals surface area contributed by atoms with Crippen molar-refractivity contribution < 1.29 is 9.72 Å². The Hall–Kier alpha value is -2.89. The van der Waals surface area contributed by atoms with Gasteiger partial charge in [-0.15, -0.1) is 0 Å². The molecule has 2 aromatic rings. The van der Waals surface area contributed by atoms with E-state index in [0.29, 0.717) is 12.1 Å². The summed E-state index contributed by atoms with van der Waals surface area (Å²) in [6.07, 6.45) is 0.386. The Morgan fingerprint density at radius 2 is 1.67 bits per heavy atom. The molecule has 0 aliphatic rings. The summed E-state index contributed by atoms with van der Waals surface area (Å²) in [6, 6.07) is 13.0. The predicted octanol–water partition coefficient (Wildman–Crippen LogP) is 1.99. The van der Waals surface area contributed by atoms with Crippen molar-refractivity contribution in [3.8, 4) is 0 Å². The molecule has 1 unspecified atom stereocenters. The maximum absolute atomic E-state index is 11.6. The summed E-state index contributed by atoms with van der Waals surface area (Å²) in [7, 11) is 0. The van der Waals surface area contributed by atoms with E-state index in [1.807, 2.05) is 0 Å². The minimum Gasteiger partial charge on any atom is -0.399 e. The molecule has 0 aromatic heterocycles. The molecule has 108 valence electrons. The van der Waals surface area contributed by atoms with Gasteiger partial charge in [0.1, 0.15) is 0 Å². The zero-order valence-electron chi connectivity index (χ0n) is 11.2. The summed E-state index contributed by atoms with van der Waals surface area (Å²) in [4.78, 5) is 21.8. The first-order valence-electron chi connectivity index (χ1n) is 6.35. The third-order valence-electron chi connectivity index (χ3n) is 3.27. The van der Waals surface area contributed by atoms with E-state index in [0.717, 1.165) is 11.1 Å². The van der Waals surface area contributed by atoms with Crippen LogP contribution in [0.4, 0.5) is 11.4 Å². The van der Waals surface area contributed by atoms with E-state index >= 15 is 0 Å². The number of nitrogen functional groups attached to an aromatic ring is 1. The summed E-state index contributed by atoms with van der Waals surface area (Å²) in [5.41, 5.74) is 13.3. The molecule has 6 nitrogen and oxygen atoms in total. The Labute approximate surface area is 121 Å². The van der Waals surface area contributed by atoms with Crippen molar-refractivity contribution in [3.05, 3.63) is 69.8 Å². The molecule has 2 aromatic carbocycles. The number of hydrogen-bond donors (Lipinski definition) is 2. The maximum Gasteiger partial charge on any atom is 0.269 e. The molecule has 1 atom stereocenters. The SMILES string of the molecule is NC(=O)C(Cc1ccc([N+](=O)[O-])cc1)c1ccc(N)cc1. The van der Waals surface area contributed by atoms with Crippen LogP contribution in [0.1, 0.15) is 17.0 Å². The van der Waals surface area contributed by atoms with Gasteiger partial charge in [-0.25, -0.2) is 0 Å². The van der Waals surface area contributed by atoms with Crippen molar-refractivity contribution in [2.24, 2.45) is 5.73 Å². The van der Waals surface area contributed by atoms with Crippen molar-refractivity contribution in [2.75, 3.05) is 5.73 Å². The molecular weight excluding hydrogens is 270 g/mol. The average molecular weight is 285 g/mol. The number of primary amides is 1. The minimum absolute atomic E-state index is 0.0156. The van der Waals surface area contributed by atoms with Gasteiger partial charge in [0.25, 0.3) is 5.69 Å². The second kappa shape index (κ2) is 6.04. The Bertz CT molecular complexity index is 651. The second-order valence-corrected chi connectivity index (χ2v) is 4.75. The van der Waals surface area contributed by atoms with Gasteiger partial charge in [-0.3, -0.25) is 14.9 Å². The number of hydrogen-bond acceptors (Lipinski definition) is 4. The fourth-order valence-electron chi connectivity index (χ4n) is 2.10. The topological polar surface area (TPSA) is 112 Å². The highest BCUT2D eigenvalue weighted by molar-refractivity contribution is 5.82. The van der Waals surface area contributed by atoms with Crippen molar-refractivity contribution in [1.82, 2.24) is 0 Å². The minimum atomic E-state index is -0.493. The van der Waals surface area contributed by atoms with Gasteiger partial charge in [0.2, 0.25) is 5.91 Å². The number of non-ortho nitro benzene ring substituents is 1. The van der Waals surface area contributed by atoms with E-state index < -0.39 is 16.7 Å². The van der Waals surface area contributed by atoms with Gasteiger partial charge in [0.05, 0.1) is 10.8 Å². The van der Waals surface area contributed by atoms with Gasteiger partial charge in [-0.05, 0) is 29.7 Å². The monoisotopic (exact) mass is 285 g/mol.